The van der Waals surface area contributed by atoms with Gasteiger partial charge in [0.15, 0.2) is 0 Å². The molecule has 3 fully saturated rings. The number of carbonyl (C=O) groups is 3. The Hall–Kier alpha value is -2.94. The molecule has 208 valence electrons. The van der Waals surface area contributed by atoms with Crippen molar-refractivity contribution in [3.63, 3.8) is 0 Å². The van der Waals surface area contributed by atoms with E-state index in [0.717, 1.165) is 45.4 Å². The van der Waals surface area contributed by atoms with E-state index in [9.17, 15) is 31.1 Å². The minimum atomic E-state index is -5.08. The highest BCUT2D eigenvalue weighted by Gasteiger charge is 2.48. The van der Waals surface area contributed by atoms with Crippen molar-refractivity contribution in [3.05, 3.63) is 30.1 Å². The average molecular weight is 543 g/mol. The van der Waals surface area contributed by atoms with E-state index in [1.807, 2.05) is 19.5 Å². The molecular formula is C22H27F6N3O6. The summed E-state index contributed by atoms with van der Waals surface area (Å²) >= 11 is 0. The molecule has 9 nitrogen and oxygen atoms in total. The number of likely N-dealkylation sites (tertiary alicyclic amines) is 2. The predicted molar refractivity (Wildman–Crippen MR) is 114 cm³/mol. The number of aromatic nitrogens is 1. The normalized spacial score (nSPS) is 23.6. The zero-order valence-electron chi connectivity index (χ0n) is 19.7. The summed E-state index contributed by atoms with van der Waals surface area (Å²) in [5, 5.41) is 14.2. The molecule has 15 heteroatoms. The lowest BCUT2D eigenvalue weighted by Gasteiger charge is -2.41. The molecule has 0 radical (unpaired) electrons. The summed E-state index contributed by atoms with van der Waals surface area (Å²) < 4.78 is 69.2. The zero-order valence-corrected chi connectivity index (χ0v) is 19.7. The lowest BCUT2D eigenvalue weighted by atomic mass is 9.88. The highest BCUT2D eigenvalue weighted by Crippen LogP contribution is 2.38. The van der Waals surface area contributed by atoms with Gasteiger partial charge in [-0.25, -0.2) is 9.59 Å². The Morgan fingerprint density at radius 2 is 1.49 bits per heavy atom. The molecule has 0 unspecified atom stereocenters. The maximum absolute atomic E-state index is 12.6. The quantitative estimate of drug-likeness (QED) is 0.557. The van der Waals surface area contributed by atoms with Crippen LogP contribution in [0.3, 0.4) is 0 Å². The van der Waals surface area contributed by atoms with Crippen molar-refractivity contribution < 1.29 is 55.7 Å². The topological polar surface area (TPSA) is 120 Å². The number of nitrogens with zero attached hydrogens (tertiary/aromatic N) is 3. The molecule has 2 N–H and O–H groups in total. The molecule has 1 amide bonds. The second-order valence-electron chi connectivity index (χ2n) is 8.76. The van der Waals surface area contributed by atoms with E-state index in [1.54, 1.807) is 0 Å². The van der Waals surface area contributed by atoms with E-state index in [-0.39, 0.29) is 6.10 Å². The smallest absolute Gasteiger partial charge is 0.475 e. The number of pyridine rings is 1. The molecule has 3 aliphatic rings. The largest absolute Gasteiger partial charge is 0.490 e. The molecule has 3 heterocycles. The van der Waals surface area contributed by atoms with Crippen LogP contribution in [0.25, 0.3) is 0 Å². The summed E-state index contributed by atoms with van der Waals surface area (Å²) in [5.41, 5.74) is 1.28. The summed E-state index contributed by atoms with van der Waals surface area (Å²) in [6, 6.07) is 4.47. The Bertz CT molecular complexity index is 902. The van der Waals surface area contributed by atoms with Gasteiger partial charge < -0.3 is 19.8 Å². The monoisotopic (exact) mass is 543 g/mol. The van der Waals surface area contributed by atoms with Crippen LogP contribution >= 0.6 is 0 Å². The minimum Gasteiger partial charge on any atom is -0.475 e. The average Bonchev–Trinajstić information content (AvgIpc) is 3.58. The number of carbonyl (C=O) groups excluding carboxylic acids is 1. The first-order chi connectivity index (χ1) is 17.1. The summed E-state index contributed by atoms with van der Waals surface area (Å²) in [6.07, 6.45) is -3.05. The molecule has 1 aromatic rings. The first kappa shape index (κ1) is 30.3. The molecule has 1 aliphatic carbocycles. The third kappa shape index (κ3) is 9.14. The van der Waals surface area contributed by atoms with Crippen molar-refractivity contribution in [2.45, 2.75) is 50.3 Å². The van der Waals surface area contributed by atoms with Gasteiger partial charge in [-0.1, -0.05) is 0 Å². The second kappa shape index (κ2) is 12.5. The van der Waals surface area contributed by atoms with Gasteiger partial charge >= 0.3 is 24.3 Å². The number of hydrogen-bond donors (Lipinski definition) is 2. The maximum Gasteiger partial charge on any atom is 0.490 e. The van der Waals surface area contributed by atoms with Gasteiger partial charge in [0, 0.05) is 57.5 Å². The van der Waals surface area contributed by atoms with Gasteiger partial charge in [-0.2, -0.15) is 26.3 Å². The van der Waals surface area contributed by atoms with Crippen LogP contribution in [0.1, 0.15) is 24.8 Å². The van der Waals surface area contributed by atoms with Gasteiger partial charge in [-0.05, 0) is 37.0 Å². The van der Waals surface area contributed by atoms with Gasteiger partial charge in [-0.15, -0.1) is 0 Å². The number of rotatable bonds is 4. The number of aliphatic carboxylic acids is 2. The highest BCUT2D eigenvalue weighted by molar-refractivity contribution is 5.81. The Kier molecular flexibility index (Phi) is 10.3. The van der Waals surface area contributed by atoms with Gasteiger partial charge in [0.05, 0.1) is 12.1 Å². The van der Waals surface area contributed by atoms with E-state index in [2.05, 4.69) is 26.9 Å². The molecule has 1 saturated carbocycles. The maximum atomic E-state index is 12.6. The number of halogens is 6. The highest BCUT2D eigenvalue weighted by atomic mass is 19.4. The molecule has 4 rings (SSSR count). The Morgan fingerprint density at radius 1 is 0.973 bits per heavy atom. The molecule has 1 aromatic heterocycles. The Balaban J connectivity index is 0.000000286. The molecular weight excluding hydrogens is 516 g/mol. The first-order valence-corrected chi connectivity index (χ1v) is 11.2. The van der Waals surface area contributed by atoms with E-state index in [4.69, 9.17) is 24.5 Å². The predicted octanol–water partition coefficient (Wildman–Crippen LogP) is 2.81. The van der Waals surface area contributed by atoms with Crippen LogP contribution in [0.15, 0.2) is 24.5 Å². The fraction of sp³-hybridized carbons (Fsp3) is 0.636. The van der Waals surface area contributed by atoms with Crippen LogP contribution in [-0.4, -0.2) is 94.1 Å². The third-order valence-electron chi connectivity index (χ3n) is 6.09. The summed E-state index contributed by atoms with van der Waals surface area (Å²) in [7, 11) is 1.81. The number of carboxylic acids is 2. The van der Waals surface area contributed by atoms with Crippen molar-refractivity contribution in [2.24, 2.45) is 11.8 Å². The fourth-order valence-corrected chi connectivity index (χ4v) is 4.24. The lowest BCUT2D eigenvalue weighted by molar-refractivity contribution is -0.193. The van der Waals surface area contributed by atoms with E-state index in [1.165, 1.54) is 5.56 Å². The van der Waals surface area contributed by atoms with E-state index >= 15 is 0 Å². The fourth-order valence-electron chi connectivity index (χ4n) is 4.24. The number of ether oxygens (including phenoxy) is 1. The minimum absolute atomic E-state index is 0.283. The number of methoxy groups -OCH3 is 1. The Labute approximate surface area is 208 Å². The van der Waals surface area contributed by atoms with Gasteiger partial charge in [-0.3, -0.25) is 14.7 Å². The van der Waals surface area contributed by atoms with Crippen LogP contribution in [0, 0.1) is 11.8 Å². The second-order valence-corrected chi connectivity index (χ2v) is 8.76. The van der Waals surface area contributed by atoms with Crippen molar-refractivity contribution in [2.75, 3.05) is 26.7 Å². The van der Waals surface area contributed by atoms with Gasteiger partial charge in [0.1, 0.15) is 0 Å². The third-order valence-corrected chi connectivity index (χ3v) is 6.09. The van der Waals surface area contributed by atoms with Crippen LogP contribution in [0.4, 0.5) is 26.3 Å². The number of amides is 1. The first-order valence-electron chi connectivity index (χ1n) is 11.2. The van der Waals surface area contributed by atoms with Crippen LogP contribution in [0.2, 0.25) is 0 Å². The van der Waals surface area contributed by atoms with Crippen molar-refractivity contribution >= 4 is 17.8 Å². The van der Waals surface area contributed by atoms with Crippen LogP contribution in [0.5, 0.6) is 0 Å². The van der Waals surface area contributed by atoms with Crippen molar-refractivity contribution in [1.82, 2.24) is 14.8 Å². The summed E-state index contributed by atoms with van der Waals surface area (Å²) in [5.74, 6) is -4.37. The standard InChI is InChI=1S/C18H25N3O2.2C2HF3O2/c1-23-17-6-9-21(18(22)14-2-3-14)16-12-20(11-15(16)17)10-13-4-7-19-8-5-13;2*3-2(4,5)1(6)7/h4-5,7-8,14-17H,2-3,6,9-12H2,1H3;2*(H,6,7)/t15-,16+,17-;;/m0../s1. The number of carboxylic acid groups (broad SMARTS) is 2. The zero-order chi connectivity index (χ0) is 28.0. The molecule has 2 saturated heterocycles. The molecule has 3 atom stereocenters. The van der Waals surface area contributed by atoms with Crippen molar-refractivity contribution in [3.8, 4) is 0 Å². The van der Waals surface area contributed by atoms with Gasteiger partial charge in [0.25, 0.3) is 0 Å². The molecule has 0 aromatic carbocycles. The van der Waals surface area contributed by atoms with E-state index < -0.39 is 24.3 Å². The molecule has 2 aliphatic heterocycles. The summed E-state index contributed by atoms with van der Waals surface area (Å²) in [4.78, 5) is 39.1. The number of hydrogen-bond acceptors (Lipinski definition) is 6. The lowest BCUT2D eigenvalue weighted by Crippen LogP contribution is -2.54. The Morgan fingerprint density at radius 3 is 1.92 bits per heavy atom. The van der Waals surface area contributed by atoms with E-state index in [0.29, 0.717) is 23.8 Å². The van der Waals surface area contributed by atoms with Crippen LogP contribution < -0.4 is 0 Å². The molecule has 0 spiro atoms. The number of fused-ring (bicyclic) bond motifs is 1. The molecule has 37 heavy (non-hydrogen) atoms. The molecule has 0 bridgehead atoms. The SMILES string of the molecule is CO[C@H]1CCN(C(=O)C2CC2)[C@@H]2CN(Cc3ccncc3)C[C@H]12.O=C(O)C(F)(F)F.O=C(O)C(F)(F)F. The number of alkyl halides is 6. The summed E-state index contributed by atoms with van der Waals surface area (Å²) in [6.45, 7) is 3.76. The number of piperidine rings is 1. The van der Waals surface area contributed by atoms with Gasteiger partial charge in [0.2, 0.25) is 5.91 Å². The van der Waals surface area contributed by atoms with Crippen LogP contribution in [-0.2, 0) is 25.7 Å². The van der Waals surface area contributed by atoms with Crippen molar-refractivity contribution in [1.29, 1.82) is 0 Å².